The molecule has 1 amide bonds. The van der Waals surface area contributed by atoms with Gasteiger partial charge in [-0.05, 0) is 12.1 Å². The molecule has 0 radical (unpaired) electrons. The van der Waals surface area contributed by atoms with Gasteiger partial charge in [-0.2, -0.15) is 7.11 Å². The van der Waals surface area contributed by atoms with E-state index in [1.807, 2.05) is 0 Å². The molecule has 1 aliphatic rings. The van der Waals surface area contributed by atoms with Crippen LogP contribution in [0.4, 0.5) is 14.9 Å². The predicted octanol–water partition coefficient (Wildman–Crippen LogP) is 1.76. The van der Waals surface area contributed by atoms with Gasteiger partial charge in [-0.3, -0.25) is 4.90 Å². The molecule has 0 spiro atoms. The number of aliphatic hydroxyl groups is 1. The van der Waals surface area contributed by atoms with Crippen LogP contribution in [-0.4, -0.2) is 30.5 Å². The van der Waals surface area contributed by atoms with E-state index in [4.69, 9.17) is 9.84 Å². The number of benzene rings is 1. The summed E-state index contributed by atoms with van der Waals surface area (Å²) in [4.78, 5) is 12.7. The van der Waals surface area contributed by atoms with Gasteiger partial charge in [0.05, 0.1) is 18.8 Å². The van der Waals surface area contributed by atoms with Gasteiger partial charge in [0.2, 0.25) is 0 Å². The van der Waals surface area contributed by atoms with E-state index >= 15 is 0 Å². The van der Waals surface area contributed by atoms with E-state index in [0.717, 1.165) is 6.07 Å². The molecule has 0 aliphatic carbocycles. The van der Waals surface area contributed by atoms with Crippen molar-refractivity contribution in [3.8, 4) is 5.75 Å². The summed E-state index contributed by atoms with van der Waals surface area (Å²) in [5.41, 5.74) is 0.351. The van der Waals surface area contributed by atoms with Gasteiger partial charge in [-0.25, -0.2) is 9.18 Å². The quantitative estimate of drug-likeness (QED) is 0.730. The standard InChI is InChI=1S/C11H11FNO4.CH3.W/c1-16-10-3-2-7(4-9(10)12)13-5-8(6-14)17-11(13)15;;/h2-4,8,14H,1,5-6H2;1H3;/q2*-1;+2/t8-;;/m1../s1. The van der Waals surface area contributed by atoms with Crippen molar-refractivity contribution in [3.05, 3.63) is 38.6 Å². The second-order valence-corrected chi connectivity index (χ2v) is 3.56. The van der Waals surface area contributed by atoms with Crippen molar-refractivity contribution in [2.75, 3.05) is 18.1 Å². The van der Waals surface area contributed by atoms with Crippen LogP contribution in [0.5, 0.6) is 5.75 Å². The zero-order valence-electron chi connectivity index (χ0n) is 10.3. The monoisotopic (exact) mass is 439 g/mol. The second kappa shape index (κ2) is 7.46. The molecule has 1 fully saturated rings. The molecule has 1 heterocycles. The van der Waals surface area contributed by atoms with Crippen LogP contribution in [0.1, 0.15) is 0 Å². The largest absolute Gasteiger partial charge is 2.00 e. The number of halogens is 1. The van der Waals surface area contributed by atoms with Crippen molar-refractivity contribution in [2.45, 2.75) is 6.10 Å². The van der Waals surface area contributed by atoms with Crippen molar-refractivity contribution in [3.63, 3.8) is 0 Å². The summed E-state index contributed by atoms with van der Waals surface area (Å²) < 4.78 is 22.8. The number of carbonyl (C=O) groups excluding carboxylic acids is 1. The topological polar surface area (TPSA) is 59.0 Å². The van der Waals surface area contributed by atoms with Crippen LogP contribution in [-0.2, 0) is 25.8 Å². The minimum absolute atomic E-state index is 0. The summed E-state index contributed by atoms with van der Waals surface area (Å²) in [7, 11) is 3.11. The van der Waals surface area contributed by atoms with Crippen LogP contribution in [0.25, 0.3) is 0 Å². The summed E-state index contributed by atoms with van der Waals surface area (Å²) in [6.07, 6.45) is -1.18. The first-order valence-corrected chi connectivity index (χ1v) is 4.96. The first-order valence-electron chi connectivity index (χ1n) is 4.96. The van der Waals surface area contributed by atoms with Crippen molar-refractivity contribution >= 4 is 11.8 Å². The molecule has 5 nitrogen and oxygen atoms in total. The molecular weight excluding hydrogens is 425 g/mol. The van der Waals surface area contributed by atoms with Crippen LogP contribution in [0.15, 0.2) is 18.2 Å². The van der Waals surface area contributed by atoms with Gasteiger partial charge in [0, 0.05) is 6.07 Å². The number of nitrogens with zero attached hydrogens (tertiary/aromatic N) is 1. The third-order valence-corrected chi connectivity index (χ3v) is 2.46. The maximum absolute atomic E-state index is 13.4. The molecule has 104 valence electrons. The van der Waals surface area contributed by atoms with Crippen LogP contribution in [0.2, 0.25) is 0 Å². The normalized spacial score (nSPS) is 17.3. The van der Waals surface area contributed by atoms with Gasteiger partial charge in [0.15, 0.2) is 5.82 Å². The van der Waals surface area contributed by atoms with Crippen molar-refractivity contribution in [1.29, 1.82) is 0 Å². The van der Waals surface area contributed by atoms with E-state index in [-0.39, 0.29) is 47.4 Å². The van der Waals surface area contributed by atoms with Crippen molar-refractivity contribution < 1.29 is 44.8 Å². The Kier molecular flexibility index (Phi) is 7.01. The number of ether oxygens (including phenoxy) is 2. The molecule has 19 heavy (non-hydrogen) atoms. The van der Waals surface area contributed by atoms with E-state index in [2.05, 4.69) is 11.8 Å². The SMILES string of the molecule is [CH2-]Oc1ccc(N2C[C@H](CO)OC2=O)cc1F.[CH3-].[W+2]. The number of amides is 1. The van der Waals surface area contributed by atoms with E-state index in [9.17, 15) is 9.18 Å². The Balaban J connectivity index is 0.00000162. The summed E-state index contributed by atoms with van der Waals surface area (Å²) in [5, 5.41) is 8.88. The van der Waals surface area contributed by atoms with Gasteiger partial charge >= 0.3 is 27.2 Å². The number of hydrogen-bond donors (Lipinski definition) is 1. The van der Waals surface area contributed by atoms with Crippen LogP contribution >= 0.6 is 0 Å². The Hall–Kier alpha value is -1.13. The Bertz CT molecular complexity index is 444. The van der Waals surface area contributed by atoms with Gasteiger partial charge < -0.3 is 22.0 Å². The Morgan fingerprint density at radius 2 is 2.26 bits per heavy atom. The smallest absolute Gasteiger partial charge is 0.663 e. The first kappa shape index (κ1) is 17.9. The van der Waals surface area contributed by atoms with Gasteiger partial charge in [0.1, 0.15) is 11.9 Å². The number of hydrogen-bond acceptors (Lipinski definition) is 4. The minimum Gasteiger partial charge on any atom is -0.663 e. The first-order chi connectivity index (χ1) is 8.15. The average Bonchev–Trinajstić information content (AvgIpc) is 2.70. The fourth-order valence-corrected chi connectivity index (χ4v) is 1.60. The third kappa shape index (κ3) is 3.67. The maximum atomic E-state index is 13.4. The van der Waals surface area contributed by atoms with Gasteiger partial charge in [-0.1, -0.05) is 0 Å². The second-order valence-electron chi connectivity index (χ2n) is 3.56. The van der Waals surface area contributed by atoms with Crippen LogP contribution in [0.3, 0.4) is 0 Å². The van der Waals surface area contributed by atoms with E-state index in [1.54, 1.807) is 0 Å². The van der Waals surface area contributed by atoms with E-state index in [0.29, 0.717) is 5.69 Å². The molecule has 0 unspecified atom stereocenters. The molecule has 1 N–H and O–H groups in total. The number of anilines is 1. The Morgan fingerprint density at radius 3 is 2.74 bits per heavy atom. The zero-order chi connectivity index (χ0) is 12.4. The molecule has 1 saturated heterocycles. The number of cyclic esters (lactones) is 1. The fraction of sp³-hybridized carbons (Fsp3) is 0.250. The number of carbonyl (C=O) groups is 1. The van der Waals surface area contributed by atoms with Gasteiger partial charge in [-0.15, -0.1) is 0 Å². The van der Waals surface area contributed by atoms with Crippen molar-refractivity contribution in [1.82, 2.24) is 0 Å². The molecule has 1 aromatic carbocycles. The molecule has 1 aliphatic heterocycles. The molecule has 1 atom stereocenters. The summed E-state index contributed by atoms with van der Waals surface area (Å²) >= 11 is 0. The third-order valence-electron chi connectivity index (χ3n) is 2.46. The molecule has 0 saturated carbocycles. The molecular formula is C12H14FNO4W. The Labute approximate surface area is 125 Å². The van der Waals surface area contributed by atoms with E-state index in [1.165, 1.54) is 17.0 Å². The van der Waals surface area contributed by atoms with Gasteiger partial charge in [0.25, 0.3) is 0 Å². The fourth-order valence-electron chi connectivity index (χ4n) is 1.60. The summed E-state index contributed by atoms with van der Waals surface area (Å²) in [5.74, 6) is -0.613. The number of rotatable bonds is 3. The molecule has 7 heteroatoms. The molecule has 0 bridgehead atoms. The summed E-state index contributed by atoms with van der Waals surface area (Å²) in [6.45, 7) is -0.0653. The van der Waals surface area contributed by atoms with Crippen LogP contribution < -0.4 is 9.64 Å². The predicted molar refractivity (Wildman–Crippen MR) is 63.5 cm³/mol. The van der Waals surface area contributed by atoms with Crippen LogP contribution in [0, 0.1) is 20.4 Å². The maximum Gasteiger partial charge on any atom is 2.00 e. The molecule has 1 aromatic rings. The summed E-state index contributed by atoms with van der Waals surface area (Å²) in [6, 6.07) is 4.04. The molecule has 2 rings (SSSR count). The van der Waals surface area contributed by atoms with E-state index < -0.39 is 18.0 Å². The zero-order valence-corrected chi connectivity index (χ0v) is 13.3. The molecule has 0 aromatic heterocycles. The average molecular weight is 439 g/mol. The Morgan fingerprint density at radius 1 is 1.58 bits per heavy atom. The van der Waals surface area contributed by atoms with Crippen molar-refractivity contribution in [2.24, 2.45) is 0 Å². The minimum atomic E-state index is -0.613. The number of aliphatic hydroxyl groups excluding tert-OH is 1.